The van der Waals surface area contributed by atoms with Crippen LogP contribution in [0.25, 0.3) is 0 Å². The van der Waals surface area contributed by atoms with E-state index in [1.165, 1.54) is 0 Å². The number of halogens is 1. The maximum atomic E-state index is 12.2. The van der Waals surface area contributed by atoms with Crippen molar-refractivity contribution in [2.24, 2.45) is 0 Å². The Hall–Kier alpha value is -1.57. The monoisotopic (exact) mass is 263 g/mol. The lowest BCUT2D eigenvalue weighted by Crippen LogP contribution is -2.39. The second-order valence-corrected chi connectivity index (χ2v) is 4.78. The number of nitrogens with zero attached hydrogens (tertiary/aromatic N) is 3. The standard InChI is InChI=1S/C13H14ClN3O/c1-16(9-7-15)12-6-8-17(13(12)18)11-4-2-10(14)3-5-11/h2-5,12H,6,8-9H2,1H3. The molecule has 18 heavy (non-hydrogen) atoms. The van der Waals surface area contributed by atoms with Crippen LogP contribution >= 0.6 is 11.6 Å². The van der Waals surface area contributed by atoms with E-state index >= 15 is 0 Å². The topological polar surface area (TPSA) is 47.3 Å². The fourth-order valence-electron chi connectivity index (χ4n) is 2.17. The molecule has 0 spiro atoms. The lowest BCUT2D eigenvalue weighted by molar-refractivity contribution is -0.121. The molecule has 1 aliphatic rings. The van der Waals surface area contributed by atoms with Crippen LogP contribution in [0.3, 0.4) is 0 Å². The van der Waals surface area contributed by atoms with Crippen molar-refractivity contribution in [3.05, 3.63) is 29.3 Å². The van der Waals surface area contributed by atoms with E-state index in [1.54, 1.807) is 29.0 Å². The highest BCUT2D eigenvalue weighted by Gasteiger charge is 2.34. The number of nitriles is 1. The molecule has 1 aromatic carbocycles. The fraction of sp³-hybridized carbons (Fsp3) is 0.385. The molecule has 1 aromatic rings. The molecular weight excluding hydrogens is 250 g/mol. The largest absolute Gasteiger partial charge is 0.311 e. The molecule has 1 saturated heterocycles. The molecule has 0 bridgehead atoms. The molecular formula is C13H14ClN3O. The van der Waals surface area contributed by atoms with E-state index in [1.807, 2.05) is 12.1 Å². The van der Waals surface area contributed by atoms with Crippen LogP contribution in [0.2, 0.25) is 5.02 Å². The lowest BCUT2D eigenvalue weighted by atomic mass is 10.2. The number of benzene rings is 1. The van der Waals surface area contributed by atoms with E-state index in [9.17, 15) is 4.79 Å². The summed E-state index contributed by atoms with van der Waals surface area (Å²) in [5.74, 6) is 0.0510. The van der Waals surface area contributed by atoms with Crippen molar-refractivity contribution < 1.29 is 4.79 Å². The Bertz CT molecular complexity index is 480. The van der Waals surface area contributed by atoms with Gasteiger partial charge in [0.15, 0.2) is 0 Å². The van der Waals surface area contributed by atoms with E-state index in [0.29, 0.717) is 11.6 Å². The Morgan fingerprint density at radius 1 is 1.50 bits per heavy atom. The molecule has 1 unspecified atom stereocenters. The van der Waals surface area contributed by atoms with Gasteiger partial charge in [-0.15, -0.1) is 0 Å². The summed E-state index contributed by atoms with van der Waals surface area (Å²) >= 11 is 5.83. The Kier molecular flexibility index (Phi) is 3.85. The Morgan fingerprint density at radius 3 is 2.78 bits per heavy atom. The Balaban J connectivity index is 2.12. The third-order valence-corrected chi connectivity index (χ3v) is 3.42. The maximum Gasteiger partial charge on any atom is 0.244 e. The predicted octanol–water partition coefficient (Wildman–Crippen LogP) is 1.90. The van der Waals surface area contributed by atoms with Crippen LogP contribution in [0.5, 0.6) is 0 Å². The number of likely N-dealkylation sites (N-methyl/N-ethyl adjacent to an activating group) is 1. The van der Waals surface area contributed by atoms with Gasteiger partial charge in [0.1, 0.15) is 0 Å². The van der Waals surface area contributed by atoms with Crippen LogP contribution in [0.1, 0.15) is 6.42 Å². The van der Waals surface area contributed by atoms with E-state index in [4.69, 9.17) is 16.9 Å². The number of carbonyl (C=O) groups is 1. The molecule has 0 aliphatic carbocycles. The highest BCUT2D eigenvalue weighted by Crippen LogP contribution is 2.25. The number of hydrogen-bond acceptors (Lipinski definition) is 3. The molecule has 0 aromatic heterocycles. The summed E-state index contributed by atoms with van der Waals surface area (Å²) < 4.78 is 0. The van der Waals surface area contributed by atoms with Gasteiger partial charge in [-0.25, -0.2) is 0 Å². The molecule has 5 heteroatoms. The van der Waals surface area contributed by atoms with Crippen LogP contribution in [-0.2, 0) is 4.79 Å². The summed E-state index contributed by atoms with van der Waals surface area (Å²) in [5, 5.41) is 9.32. The molecule has 1 amide bonds. The summed E-state index contributed by atoms with van der Waals surface area (Å²) in [6, 6.07) is 9.10. The van der Waals surface area contributed by atoms with Crippen molar-refractivity contribution in [2.75, 3.05) is 25.0 Å². The highest BCUT2D eigenvalue weighted by atomic mass is 35.5. The number of carbonyl (C=O) groups excluding carboxylic acids is 1. The van der Waals surface area contributed by atoms with Crippen molar-refractivity contribution >= 4 is 23.2 Å². The van der Waals surface area contributed by atoms with Crippen LogP contribution < -0.4 is 4.90 Å². The van der Waals surface area contributed by atoms with Gasteiger partial charge in [0.05, 0.1) is 18.7 Å². The van der Waals surface area contributed by atoms with Crippen molar-refractivity contribution in [3.63, 3.8) is 0 Å². The van der Waals surface area contributed by atoms with Gasteiger partial charge in [-0.1, -0.05) is 11.6 Å². The molecule has 0 N–H and O–H groups in total. The van der Waals surface area contributed by atoms with Crippen molar-refractivity contribution in [1.82, 2.24) is 4.90 Å². The van der Waals surface area contributed by atoms with E-state index in [0.717, 1.165) is 12.1 Å². The van der Waals surface area contributed by atoms with E-state index in [2.05, 4.69) is 6.07 Å². The normalized spacial score (nSPS) is 19.3. The first-order valence-electron chi connectivity index (χ1n) is 5.77. The van der Waals surface area contributed by atoms with Crippen molar-refractivity contribution in [3.8, 4) is 6.07 Å². The average molecular weight is 264 g/mol. The minimum absolute atomic E-state index is 0.0510. The molecule has 1 aliphatic heterocycles. The van der Waals surface area contributed by atoms with Gasteiger partial charge in [0.2, 0.25) is 5.91 Å². The number of amides is 1. The summed E-state index contributed by atoms with van der Waals surface area (Å²) in [4.78, 5) is 15.8. The van der Waals surface area contributed by atoms with Gasteiger partial charge in [-0.3, -0.25) is 9.69 Å². The smallest absolute Gasteiger partial charge is 0.244 e. The van der Waals surface area contributed by atoms with Crippen LogP contribution in [0.15, 0.2) is 24.3 Å². The zero-order valence-corrected chi connectivity index (χ0v) is 10.9. The molecule has 0 saturated carbocycles. The first-order valence-corrected chi connectivity index (χ1v) is 6.15. The van der Waals surface area contributed by atoms with Crippen molar-refractivity contribution in [1.29, 1.82) is 5.26 Å². The molecule has 1 fully saturated rings. The van der Waals surface area contributed by atoms with Gasteiger partial charge < -0.3 is 4.90 Å². The fourth-order valence-corrected chi connectivity index (χ4v) is 2.30. The molecule has 4 nitrogen and oxygen atoms in total. The number of hydrogen-bond donors (Lipinski definition) is 0. The summed E-state index contributed by atoms with van der Waals surface area (Å²) in [6.45, 7) is 0.950. The van der Waals surface area contributed by atoms with Gasteiger partial charge in [0, 0.05) is 17.3 Å². The quantitative estimate of drug-likeness (QED) is 0.783. The minimum Gasteiger partial charge on any atom is -0.311 e. The average Bonchev–Trinajstić information content (AvgIpc) is 2.73. The van der Waals surface area contributed by atoms with Gasteiger partial charge >= 0.3 is 0 Å². The summed E-state index contributed by atoms with van der Waals surface area (Å²) in [7, 11) is 1.80. The number of rotatable bonds is 3. The SMILES string of the molecule is CN(CC#N)C1CCN(c2ccc(Cl)cc2)C1=O. The second-order valence-electron chi connectivity index (χ2n) is 4.34. The van der Waals surface area contributed by atoms with Crippen LogP contribution in [0, 0.1) is 11.3 Å². The minimum atomic E-state index is -0.194. The first kappa shape index (κ1) is 12.9. The zero-order valence-electron chi connectivity index (χ0n) is 10.1. The Labute approximate surface area is 111 Å². The zero-order chi connectivity index (χ0) is 13.1. The third-order valence-electron chi connectivity index (χ3n) is 3.17. The predicted molar refractivity (Wildman–Crippen MR) is 70.5 cm³/mol. The highest BCUT2D eigenvalue weighted by molar-refractivity contribution is 6.30. The molecule has 2 rings (SSSR count). The first-order chi connectivity index (χ1) is 8.63. The van der Waals surface area contributed by atoms with Gasteiger partial charge in [-0.05, 0) is 37.7 Å². The van der Waals surface area contributed by atoms with Gasteiger partial charge in [0.25, 0.3) is 0 Å². The van der Waals surface area contributed by atoms with Crippen LogP contribution in [-0.4, -0.2) is 37.0 Å². The summed E-state index contributed by atoms with van der Waals surface area (Å²) in [5.41, 5.74) is 0.859. The number of anilines is 1. The molecule has 0 radical (unpaired) electrons. The van der Waals surface area contributed by atoms with Crippen molar-refractivity contribution in [2.45, 2.75) is 12.5 Å². The van der Waals surface area contributed by atoms with Crippen LogP contribution in [0.4, 0.5) is 5.69 Å². The van der Waals surface area contributed by atoms with E-state index < -0.39 is 0 Å². The Morgan fingerprint density at radius 2 is 2.17 bits per heavy atom. The summed E-state index contributed by atoms with van der Waals surface area (Å²) in [6.07, 6.45) is 0.750. The maximum absolute atomic E-state index is 12.2. The molecule has 94 valence electrons. The second kappa shape index (κ2) is 5.38. The molecule has 1 heterocycles. The van der Waals surface area contributed by atoms with Gasteiger partial charge in [-0.2, -0.15) is 5.26 Å². The lowest BCUT2D eigenvalue weighted by Gasteiger charge is -2.21. The third kappa shape index (κ3) is 2.47. The molecule has 1 atom stereocenters. The van der Waals surface area contributed by atoms with E-state index in [-0.39, 0.29) is 18.5 Å².